The van der Waals surface area contributed by atoms with E-state index >= 15 is 0 Å². The summed E-state index contributed by atoms with van der Waals surface area (Å²) in [7, 11) is 0. The Morgan fingerprint density at radius 1 is 1.39 bits per heavy atom. The van der Waals surface area contributed by atoms with E-state index < -0.39 is 5.97 Å². The first-order valence-corrected chi connectivity index (χ1v) is 7.20. The molecule has 2 N–H and O–H groups in total. The Bertz CT molecular complexity index is 298. The summed E-state index contributed by atoms with van der Waals surface area (Å²) in [6, 6.07) is 1.09. The van der Waals surface area contributed by atoms with Gasteiger partial charge in [0.2, 0.25) is 0 Å². The first kappa shape index (κ1) is 13.8. The molecule has 1 unspecified atom stereocenters. The highest BCUT2D eigenvalue weighted by molar-refractivity contribution is 5.66. The number of carbonyl (C=O) groups is 1. The highest BCUT2D eigenvalue weighted by Gasteiger charge is 2.37. The number of nitrogens with zero attached hydrogens (tertiary/aromatic N) is 1. The molecule has 0 radical (unpaired) electrons. The van der Waals surface area contributed by atoms with Crippen LogP contribution in [0.1, 0.15) is 52.4 Å². The van der Waals surface area contributed by atoms with Gasteiger partial charge in [-0.2, -0.15) is 0 Å². The molecule has 1 saturated carbocycles. The molecule has 2 fully saturated rings. The van der Waals surface area contributed by atoms with Crippen LogP contribution in [0.5, 0.6) is 0 Å². The minimum atomic E-state index is -0.675. The van der Waals surface area contributed by atoms with Crippen molar-refractivity contribution in [2.24, 2.45) is 0 Å². The number of piperazine rings is 1. The lowest BCUT2D eigenvalue weighted by molar-refractivity contribution is -0.137. The fourth-order valence-electron chi connectivity index (χ4n) is 3.37. The first-order chi connectivity index (χ1) is 8.48. The van der Waals surface area contributed by atoms with Gasteiger partial charge in [-0.1, -0.05) is 12.8 Å². The summed E-state index contributed by atoms with van der Waals surface area (Å²) in [5, 5.41) is 12.4. The molecule has 4 heteroatoms. The van der Waals surface area contributed by atoms with Crippen molar-refractivity contribution in [3.05, 3.63) is 0 Å². The smallest absolute Gasteiger partial charge is 0.303 e. The van der Waals surface area contributed by atoms with Crippen molar-refractivity contribution >= 4 is 5.97 Å². The molecule has 4 nitrogen and oxygen atoms in total. The molecule has 0 aromatic heterocycles. The van der Waals surface area contributed by atoms with Crippen LogP contribution in [0, 0.1) is 0 Å². The molecule has 0 bridgehead atoms. The number of aliphatic carboxylic acids is 1. The van der Waals surface area contributed by atoms with E-state index in [-0.39, 0.29) is 12.0 Å². The predicted molar refractivity (Wildman–Crippen MR) is 71.7 cm³/mol. The van der Waals surface area contributed by atoms with Crippen molar-refractivity contribution in [2.45, 2.75) is 70.0 Å². The van der Waals surface area contributed by atoms with Crippen LogP contribution in [0.15, 0.2) is 0 Å². The zero-order valence-electron chi connectivity index (χ0n) is 11.6. The predicted octanol–water partition coefficient (Wildman–Crippen LogP) is 1.85. The molecule has 1 aliphatic carbocycles. The van der Waals surface area contributed by atoms with Crippen LogP contribution in [-0.2, 0) is 4.79 Å². The maximum absolute atomic E-state index is 10.8. The lowest BCUT2D eigenvalue weighted by Crippen LogP contribution is -2.63. The molecule has 104 valence electrons. The van der Waals surface area contributed by atoms with Crippen LogP contribution < -0.4 is 5.32 Å². The SMILES string of the molecule is CC1(C)CN(C2CCCC2)C(CCC(=O)O)CN1. The van der Waals surface area contributed by atoms with E-state index in [9.17, 15) is 4.79 Å². The standard InChI is InChI=1S/C14H26N2O2/c1-14(2)10-16(11-5-3-4-6-11)12(9-15-14)7-8-13(17)18/h11-12,15H,3-10H2,1-2H3,(H,17,18). The summed E-state index contributed by atoms with van der Waals surface area (Å²) in [4.78, 5) is 13.3. The third-order valence-corrected chi connectivity index (χ3v) is 4.35. The Kier molecular flexibility index (Phi) is 4.28. The third-order valence-electron chi connectivity index (χ3n) is 4.35. The number of carboxylic acids is 1. The topological polar surface area (TPSA) is 52.6 Å². The average Bonchev–Trinajstić information content (AvgIpc) is 2.79. The summed E-state index contributed by atoms with van der Waals surface area (Å²) >= 11 is 0. The molecule has 18 heavy (non-hydrogen) atoms. The number of rotatable bonds is 4. The second kappa shape index (κ2) is 5.57. The lowest BCUT2D eigenvalue weighted by atomic mass is 9.94. The molecule has 2 rings (SSSR count). The first-order valence-electron chi connectivity index (χ1n) is 7.20. The number of nitrogens with one attached hydrogen (secondary N) is 1. The summed E-state index contributed by atoms with van der Waals surface area (Å²) in [6.07, 6.45) is 6.31. The Balaban J connectivity index is 1.99. The Morgan fingerprint density at radius 2 is 2.06 bits per heavy atom. The molecule has 0 aromatic carbocycles. The highest BCUT2D eigenvalue weighted by Crippen LogP contribution is 2.29. The van der Waals surface area contributed by atoms with Crippen molar-refractivity contribution in [3.63, 3.8) is 0 Å². The molecule has 1 atom stereocenters. The van der Waals surface area contributed by atoms with Crippen LogP contribution in [-0.4, -0.2) is 46.7 Å². The summed E-state index contributed by atoms with van der Waals surface area (Å²) in [6.45, 7) is 6.45. The minimum Gasteiger partial charge on any atom is -0.481 e. The van der Waals surface area contributed by atoms with Gasteiger partial charge in [0.25, 0.3) is 0 Å². The average molecular weight is 254 g/mol. The van der Waals surface area contributed by atoms with Gasteiger partial charge < -0.3 is 10.4 Å². The van der Waals surface area contributed by atoms with Gasteiger partial charge >= 0.3 is 5.97 Å². The van der Waals surface area contributed by atoms with E-state index in [2.05, 4.69) is 24.1 Å². The lowest BCUT2D eigenvalue weighted by Gasteiger charge is -2.47. The van der Waals surface area contributed by atoms with E-state index in [4.69, 9.17) is 5.11 Å². The number of hydrogen-bond donors (Lipinski definition) is 2. The Hall–Kier alpha value is -0.610. The zero-order valence-corrected chi connectivity index (χ0v) is 11.6. The molecule has 1 aliphatic heterocycles. The Morgan fingerprint density at radius 3 is 2.67 bits per heavy atom. The number of hydrogen-bond acceptors (Lipinski definition) is 3. The number of carboxylic acid groups (broad SMARTS) is 1. The quantitative estimate of drug-likeness (QED) is 0.804. The van der Waals surface area contributed by atoms with Crippen molar-refractivity contribution < 1.29 is 9.90 Å². The minimum absolute atomic E-state index is 0.155. The maximum atomic E-state index is 10.8. The van der Waals surface area contributed by atoms with Gasteiger partial charge in [0.05, 0.1) is 0 Å². The molecule has 0 amide bonds. The molecular formula is C14H26N2O2. The van der Waals surface area contributed by atoms with Gasteiger partial charge in [-0.3, -0.25) is 9.69 Å². The van der Waals surface area contributed by atoms with Gasteiger partial charge in [-0.05, 0) is 33.1 Å². The van der Waals surface area contributed by atoms with Gasteiger partial charge in [-0.25, -0.2) is 0 Å². The molecule has 1 heterocycles. The normalized spacial score (nSPS) is 29.6. The zero-order chi connectivity index (χ0) is 13.2. The van der Waals surface area contributed by atoms with E-state index in [1.54, 1.807) is 0 Å². The fourth-order valence-corrected chi connectivity index (χ4v) is 3.37. The highest BCUT2D eigenvalue weighted by atomic mass is 16.4. The molecule has 2 aliphatic rings. The monoisotopic (exact) mass is 254 g/mol. The Labute approximate surface area is 110 Å². The van der Waals surface area contributed by atoms with Crippen molar-refractivity contribution in [1.82, 2.24) is 10.2 Å². The molecule has 1 saturated heterocycles. The van der Waals surface area contributed by atoms with Crippen molar-refractivity contribution in [3.8, 4) is 0 Å². The summed E-state index contributed by atoms with van der Waals surface area (Å²) in [5.74, 6) is -0.675. The van der Waals surface area contributed by atoms with Gasteiger partial charge in [-0.15, -0.1) is 0 Å². The summed E-state index contributed by atoms with van der Waals surface area (Å²) in [5.41, 5.74) is 0.155. The second-order valence-electron chi connectivity index (χ2n) is 6.46. The van der Waals surface area contributed by atoms with E-state index in [0.717, 1.165) is 19.5 Å². The van der Waals surface area contributed by atoms with Gasteiger partial charge in [0.1, 0.15) is 0 Å². The van der Waals surface area contributed by atoms with Gasteiger partial charge in [0, 0.05) is 37.1 Å². The van der Waals surface area contributed by atoms with E-state index in [1.165, 1.54) is 25.7 Å². The maximum Gasteiger partial charge on any atom is 0.303 e. The third kappa shape index (κ3) is 3.45. The second-order valence-corrected chi connectivity index (χ2v) is 6.46. The molecular weight excluding hydrogens is 228 g/mol. The summed E-state index contributed by atoms with van der Waals surface area (Å²) < 4.78 is 0. The molecule has 0 aromatic rings. The van der Waals surface area contributed by atoms with Crippen molar-refractivity contribution in [2.75, 3.05) is 13.1 Å². The van der Waals surface area contributed by atoms with Gasteiger partial charge in [0.15, 0.2) is 0 Å². The van der Waals surface area contributed by atoms with Crippen LogP contribution in [0.3, 0.4) is 0 Å². The fraction of sp³-hybridized carbons (Fsp3) is 0.929. The molecule has 0 spiro atoms. The van der Waals surface area contributed by atoms with E-state index in [1.807, 2.05) is 0 Å². The largest absolute Gasteiger partial charge is 0.481 e. The van der Waals surface area contributed by atoms with Crippen LogP contribution in [0.2, 0.25) is 0 Å². The van der Waals surface area contributed by atoms with Crippen LogP contribution in [0.4, 0.5) is 0 Å². The van der Waals surface area contributed by atoms with Crippen molar-refractivity contribution in [1.29, 1.82) is 0 Å². The van der Waals surface area contributed by atoms with E-state index in [0.29, 0.717) is 12.1 Å². The van der Waals surface area contributed by atoms with Crippen LogP contribution >= 0.6 is 0 Å². The van der Waals surface area contributed by atoms with Crippen LogP contribution in [0.25, 0.3) is 0 Å².